The maximum absolute atomic E-state index is 9.29. The van der Waals surface area contributed by atoms with E-state index in [-0.39, 0.29) is 0 Å². The molecule has 2 heteroatoms. The molecule has 2 rings (SSSR count). The van der Waals surface area contributed by atoms with E-state index in [0.717, 1.165) is 6.04 Å². The van der Waals surface area contributed by atoms with E-state index in [2.05, 4.69) is 18.7 Å². The minimum atomic E-state index is 0.351. The Morgan fingerprint density at radius 3 is 2.69 bits per heavy atom. The average molecular weight is 219 g/mol. The maximum atomic E-state index is 9.29. The molecule has 0 amide bonds. The van der Waals surface area contributed by atoms with Gasteiger partial charge in [0.05, 0.1) is 0 Å². The van der Waals surface area contributed by atoms with Crippen LogP contribution >= 0.6 is 0 Å². The van der Waals surface area contributed by atoms with E-state index >= 15 is 0 Å². The fourth-order valence-corrected chi connectivity index (χ4v) is 2.75. The normalized spacial score (nSPS) is 23.5. The first-order valence-corrected chi connectivity index (χ1v) is 6.27. The highest BCUT2D eigenvalue weighted by Crippen LogP contribution is 2.30. The van der Waals surface area contributed by atoms with Gasteiger partial charge in [0.1, 0.15) is 5.75 Å². The summed E-state index contributed by atoms with van der Waals surface area (Å²) in [6.07, 6.45) is 3.89. The zero-order chi connectivity index (χ0) is 11.5. The number of hydrogen-bond donors (Lipinski definition) is 1. The molecule has 1 N–H and O–H groups in total. The molecule has 0 aromatic heterocycles. The molecule has 1 saturated heterocycles. The molecule has 2 nitrogen and oxygen atoms in total. The molecule has 0 aliphatic carbocycles. The van der Waals surface area contributed by atoms with Gasteiger partial charge in [-0.2, -0.15) is 0 Å². The number of hydrogen-bond acceptors (Lipinski definition) is 2. The summed E-state index contributed by atoms with van der Waals surface area (Å²) < 4.78 is 0. The Balaban J connectivity index is 2.12. The van der Waals surface area contributed by atoms with E-state index in [1.165, 1.54) is 31.4 Å². The molecule has 0 radical (unpaired) electrons. The van der Waals surface area contributed by atoms with Crippen LogP contribution in [0.15, 0.2) is 24.3 Å². The summed E-state index contributed by atoms with van der Waals surface area (Å²) in [5.74, 6) is 0.351. The zero-order valence-electron chi connectivity index (χ0n) is 10.2. The van der Waals surface area contributed by atoms with Crippen LogP contribution in [0.4, 0.5) is 0 Å². The van der Waals surface area contributed by atoms with Crippen molar-refractivity contribution < 1.29 is 5.11 Å². The van der Waals surface area contributed by atoms with E-state index in [9.17, 15) is 5.11 Å². The lowest BCUT2D eigenvalue weighted by Crippen LogP contribution is -2.31. The highest BCUT2D eigenvalue weighted by atomic mass is 16.3. The van der Waals surface area contributed by atoms with Gasteiger partial charge in [0, 0.05) is 12.1 Å². The van der Waals surface area contributed by atoms with Crippen molar-refractivity contribution in [3.63, 3.8) is 0 Å². The summed E-state index contributed by atoms with van der Waals surface area (Å²) in [4.78, 5) is 2.59. The summed E-state index contributed by atoms with van der Waals surface area (Å²) in [6, 6.07) is 8.83. The van der Waals surface area contributed by atoms with Crippen LogP contribution in [0.5, 0.6) is 5.75 Å². The van der Waals surface area contributed by atoms with E-state index < -0.39 is 0 Å². The third-order valence-electron chi connectivity index (χ3n) is 3.77. The number of likely N-dealkylation sites (tertiary alicyclic amines) is 1. The van der Waals surface area contributed by atoms with Gasteiger partial charge in [-0.25, -0.2) is 0 Å². The molecular weight excluding hydrogens is 198 g/mol. The topological polar surface area (TPSA) is 23.5 Å². The maximum Gasteiger partial charge on any atom is 0.115 e. The van der Waals surface area contributed by atoms with Gasteiger partial charge in [0.2, 0.25) is 0 Å². The van der Waals surface area contributed by atoms with Gasteiger partial charge in [0.15, 0.2) is 0 Å². The average Bonchev–Trinajstić information content (AvgIpc) is 2.77. The molecule has 16 heavy (non-hydrogen) atoms. The molecule has 1 heterocycles. The standard InChI is InChI=1S/C14H21NO/c1-3-13-5-4-10-15(13)11(2)12-6-8-14(16)9-7-12/h6-9,11,13,16H,3-5,10H2,1-2H3. The molecule has 0 saturated carbocycles. The second-order valence-corrected chi connectivity index (χ2v) is 4.71. The molecule has 1 aliphatic rings. The number of benzene rings is 1. The first-order chi connectivity index (χ1) is 7.72. The number of phenolic OH excluding ortho intramolecular Hbond substituents is 1. The number of nitrogens with zero attached hydrogens (tertiary/aromatic N) is 1. The highest BCUT2D eigenvalue weighted by molar-refractivity contribution is 5.28. The van der Waals surface area contributed by atoms with E-state index in [0.29, 0.717) is 11.8 Å². The van der Waals surface area contributed by atoms with Gasteiger partial charge >= 0.3 is 0 Å². The highest BCUT2D eigenvalue weighted by Gasteiger charge is 2.27. The van der Waals surface area contributed by atoms with Gasteiger partial charge in [0.25, 0.3) is 0 Å². The molecule has 1 aromatic rings. The molecule has 0 bridgehead atoms. The van der Waals surface area contributed by atoms with Gasteiger partial charge in [-0.05, 0) is 50.4 Å². The first-order valence-electron chi connectivity index (χ1n) is 6.27. The van der Waals surface area contributed by atoms with Crippen molar-refractivity contribution in [1.82, 2.24) is 4.90 Å². The van der Waals surface area contributed by atoms with Crippen molar-refractivity contribution in [3.8, 4) is 5.75 Å². The largest absolute Gasteiger partial charge is 0.508 e. The van der Waals surface area contributed by atoms with Gasteiger partial charge in [-0.1, -0.05) is 19.1 Å². The summed E-state index contributed by atoms with van der Waals surface area (Å²) >= 11 is 0. The van der Waals surface area contributed by atoms with Crippen molar-refractivity contribution in [2.24, 2.45) is 0 Å². The van der Waals surface area contributed by atoms with Crippen LogP contribution in [0.25, 0.3) is 0 Å². The second-order valence-electron chi connectivity index (χ2n) is 4.71. The van der Waals surface area contributed by atoms with Crippen molar-refractivity contribution in [1.29, 1.82) is 0 Å². The smallest absolute Gasteiger partial charge is 0.115 e. The molecule has 2 atom stereocenters. The van der Waals surface area contributed by atoms with Gasteiger partial charge in [-0.15, -0.1) is 0 Å². The first kappa shape index (κ1) is 11.5. The van der Waals surface area contributed by atoms with Crippen LogP contribution in [0.3, 0.4) is 0 Å². The third-order valence-corrected chi connectivity index (χ3v) is 3.77. The summed E-state index contributed by atoms with van der Waals surface area (Å²) in [6.45, 7) is 5.74. The lowest BCUT2D eigenvalue weighted by Gasteiger charge is -2.30. The molecule has 1 fully saturated rings. The fraction of sp³-hybridized carbons (Fsp3) is 0.571. The molecule has 2 unspecified atom stereocenters. The quantitative estimate of drug-likeness (QED) is 0.843. The van der Waals surface area contributed by atoms with Crippen LogP contribution in [0.2, 0.25) is 0 Å². The Labute approximate surface area is 97.9 Å². The van der Waals surface area contributed by atoms with Crippen LogP contribution in [0.1, 0.15) is 44.7 Å². The Bertz CT molecular complexity index is 333. The molecule has 1 aromatic carbocycles. The number of phenols is 1. The monoisotopic (exact) mass is 219 g/mol. The van der Waals surface area contributed by atoms with Crippen LogP contribution in [0, 0.1) is 0 Å². The molecule has 88 valence electrons. The van der Waals surface area contributed by atoms with Crippen molar-refractivity contribution in [3.05, 3.63) is 29.8 Å². The van der Waals surface area contributed by atoms with Crippen LogP contribution < -0.4 is 0 Å². The Morgan fingerprint density at radius 2 is 2.06 bits per heavy atom. The number of aromatic hydroxyl groups is 1. The molecular formula is C14H21NO. The van der Waals surface area contributed by atoms with E-state index in [1.807, 2.05) is 12.1 Å². The molecule has 1 aliphatic heterocycles. The summed E-state index contributed by atoms with van der Waals surface area (Å²) in [5, 5.41) is 9.29. The van der Waals surface area contributed by atoms with Crippen LogP contribution in [-0.4, -0.2) is 22.6 Å². The SMILES string of the molecule is CCC1CCCN1C(C)c1ccc(O)cc1. The minimum absolute atomic E-state index is 0.351. The lowest BCUT2D eigenvalue weighted by atomic mass is 10.0. The van der Waals surface area contributed by atoms with Crippen LogP contribution in [-0.2, 0) is 0 Å². The van der Waals surface area contributed by atoms with Crippen molar-refractivity contribution in [2.75, 3.05) is 6.54 Å². The van der Waals surface area contributed by atoms with Gasteiger partial charge < -0.3 is 5.11 Å². The fourth-order valence-electron chi connectivity index (χ4n) is 2.75. The zero-order valence-corrected chi connectivity index (χ0v) is 10.2. The predicted molar refractivity (Wildman–Crippen MR) is 66.5 cm³/mol. The lowest BCUT2D eigenvalue weighted by molar-refractivity contribution is 0.188. The Hall–Kier alpha value is -1.02. The summed E-state index contributed by atoms with van der Waals surface area (Å²) in [5.41, 5.74) is 1.30. The third kappa shape index (κ3) is 2.22. The van der Waals surface area contributed by atoms with E-state index in [4.69, 9.17) is 0 Å². The van der Waals surface area contributed by atoms with Crippen molar-refractivity contribution in [2.45, 2.75) is 45.2 Å². The Morgan fingerprint density at radius 1 is 1.38 bits per heavy atom. The van der Waals surface area contributed by atoms with E-state index in [1.54, 1.807) is 12.1 Å². The molecule has 0 spiro atoms. The van der Waals surface area contributed by atoms with Crippen molar-refractivity contribution >= 4 is 0 Å². The second kappa shape index (κ2) is 4.88. The minimum Gasteiger partial charge on any atom is -0.508 e. The summed E-state index contributed by atoms with van der Waals surface area (Å²) in [7, 11) is 0. The Kier molecular flexibility index (Phi) is 3.49. The number of rotatable bonds is 3. The predicted octanol–water partition coefficient (Wildman–Crippen LogP) is 3.33. The van der Waals surface area contributed by atoms with Gasteiger partial charge in [-0.3, -0.25) is 4.90 Å².